The zero-order chi connectivity index (χ0) is 27.4. The van der Waals surface area contributed by atoms with Crippen molar-refractivity contribution in [3.63, 3.8) is 0 Å². The lowest BCUT2D eigenvalue weighted by Crippen LogP contribution is -2.48. The Bertz CT molecular complexity index is 1560. The third-order valence-electron chi connectivity index (χ3n) is 9.04. The third kappa shape index (κ3) is 4.14. The lowest BCUT2D eigenvalue weighted by molar-refractivity contribution is 0.0506. The number of ketones is 1. The molecule has 0 radical (unpaired) electrons. The highest BCUT2D eigenvalue weighted by molar-refractivity contribution is 5.98. The number of aromatic nitrogens is 2. The quantitative estimate of drug-likeness (QED) is 0.264. The van der Waals surface area contributed by atoms with Crippen LogP contribution >= 0.6 is 0 Å². The highest BCUT2D eigenvalue weighted by atomic mass is 16.6. The molecule has 2 unspecified atom stereocenters. The van der Waals surface area contributed by atoms with Crippen LogP contribution in [0.2, 0.25) is 0 Å². The van der Waals surface area contributed by atoms with Crippen molar-refractivity contribution in [1.29, 1.82) is 0 Å². The zero-order valence-corrected chi connectivity index (χ0v) is 22.9. The number of Topliss-reactive ketones (excluding diaryl/α,β-unsaturated/α-hetero) is 1. The van der Waals surface area contributed by atoms with Crippen LogP contribution in [-0.2, 0) is 4.74 Å². The maximum atomic E-state index is 13.6. The number of nitrogens with zero attached hydrogens (tertiary/aromatic N) is 3. The number of rotatable bonds is 5. The molecule has 6 heteroatoms. The molecule has 2 fully saturated rings. The van der Waals surface area contributed by atoms with E-state index >= 15 is 0 Å². The lowest BCUT2D eigenvalue weighted by Gasteiger charge is -2.37. The van der Waals surface area contributed by atoms with Crippen molar-refractivity contribution in [2.45, 2.75) is 57.5 Å². The molecule has 2 bridgehead atoms. The van der Waals surface area contributed by atoms with Crippen LogP contribution in [0, 0.1) is 19.8 Å². The molecule has 0 saturated carbocycles. The summed E-state index contributed by atoms with van der Waals surface area (Å²) in [6.45, 7) is 4.31. The normalized spacial score (nSPS) is 21.2. The summed E-state index contributed by atoms with van der Waals surface area (Å²) in [5.41, 5.74) is 8.47. The summed E-state index contributed by atoms with van der Waals surface area (Å²) in [5, 5.41) is 4.58. The number of hydrogen-bond donors (Lipinski definition) is 0. The van der Waals surface area contributed by atoms with Crippen LogP contribution in [0.1, 0.15) is 64.5 Å². The molecule has 1 amide bonds. The first-order chi connectivity index (χ1) is 19.5. The minimum Gasteiger partial charge on any atom is -0.448 e. The number of benzene rings is 3. The number of carbonyl (C=O) groups excluding carboxylic acids is 2. The third-order valence-corrected chi connectivity index (χ3v) is 9.04. The van der Waals surface area contributed by atoms with E-state index in [-0.39, 0.29) is 35.8 Å². The summed E-state index contributed by atoms with van der Waals surface area (Å²) in [4.78, 5) is 29.0. The lowest BCUT2D eigenvalue weighted by atomic mass is 9.85. The maximum absolute atomic E-state index is 13.6. The maximum Gasteiger partial charge on any atom is 0.410 e. The molecular weight excluding hydrogens is 498 g/mol. The second kappa shape index (κ2) is 9.77. The van der Waals surface area contributed by atoms with Crippen LogP contribution in [-0.4, -0.2) is 45.2 Å². The van der Waals surface area contributed by atoms with Gasteiger partial charge in [0.25, 0.3) is 0 Å². The van der Waals surface area contributed by atoms with Crippen LogP contribution in [0.3, 0.4) is 0 Å². The summed E-state index contributed by atoms with van der Waals surface area (Å²) >= 11 is 0. The van der Waals surface area contributed by atoms with E-state index in [1.807, 2.05) is 53.8 Å². The summed E-state index contributed by atoms with van der Waals surface area (Å²) in [7, 11) is 0. The smallest absolute Gasteiger partial charge is 0.410 e. The fourth-order valence-electron chi connectivity index (χ4n) is 7.27. The number of carbonyl (C=O) groups is 2. The van der Waals surface area contributed by atoms with Gasteiger partial charge >= 0.3 is 6.09 Å². The van der Waals surface area contributed by atoms with E-state index in [4.69, 9.17) is 4.74 Å². The molecule has 2 saturated heterocycles. The Morgan fingerprint density at radius 1 is 0.850 bits per heavy atom. The van der Waals surface area contributed by atoms with Crippen molar-refractivity contribution in [3.05, 3.63) is 107 Å². The van der Waals surface area contributed by atoms with Gasteiger partial charge in [-0.3, -0.25) is 4.79 Å². The van der Waals surface area contributed by atoms with Crippen LogP contribution < -0.4 is 0 Å². The van der Waals surface area contributed by atoms with Gasteiger partial charge in [0.2, 0.25) is 0 Å². The molecule has 2 aliphatic heterocycles. The Balaban J connectivity index is 1.04. The molecule has 3 heterocycles. The monoisotopic (exact) mass is 531 g/mol. The van der Waals surface area contributed by atoms with Crippen LogP contribution in [0.25, 0.3) is 16.8 Å². The van der Waals surface area contributed by atoms with Gasteiger partial charge in [-0.25, -0.2) is 9.48 Å². The van der Waals surface area contributed by atoms with Crippen molar-refractivity contribution >= 4 is 11.9 Å². The largest absolute Gasteiger partial charge is 0.448 e. The first-order valence-corrected chi connectivity index (χ1v) is 14.3. The minimum absolute atomic E-state index is 0.0440. The Hall–Kier alpha value is -4.19. The Kier molecular flexibility index (Phi) is 6.06. The number of ether oxygens (including phenoxy) is 1. The number of hydrogen-bond acceptors (Lipinski definition) is 4. The molecule has 1 aromatic heterocycles. The first-order valence-electron chi connectivity index (χ1n) is 14.3. The molecule has 202 valence electrons. The van der Waals surface area contributed by atoms with E-state index in [0.717, 1.165) is 29.9 Å². The van der Waals surface area contributed by atoms with E-state index in [1.165, 1.54) is 22.3 Å². The van der Waals surface area contributed by atoms with Gasteiger partial charge in [-0.05, 0) is 80.0 Å². The number of piperidine rings is 1. The van der Waals surface area contributed by atoms with Gasteiger partial charge < -0.3 is 9.64 Å². The van der Waals surface area contributed by atoms with Crippen molar-refractivity contribution < 1.29 is 14.3 Å². The molecule has 3 aromatic carbocycles. The van der Waals surface area contributed by atoms with Crippen LogP contribution in [0.15, 0.2) is 78.9 Å². The second-order valence-corrected chi connectivity index (χ2v) is 11.5. The average molecular weight is 532 g/mol. The van der Waals surface area contributed by atoms with Crippen LogP contribution in [0.4, 0.5) is 4.79 Å². The Morgan fingerprint density at radius 3 is 2.12 bits per heavy atom. The predicted octanol–water partition coefficient (Wildman–Crippen LogP) is 6.86. The van der Waals surface area contributed by atoms with Gasteiger partial charge in [-0.1, -0.05) is 60.7 Å². The number of amides is 1. The fraction of sp³-hybridized carbons (Fsp3) is 0.324. The van der Waals surface area contributed by atoms with Crippen molar-refractivity contribution in [1.82, 2.24) is 14.7 Å². The Morgan fingerprint density at radius 2 is 1.50 bits per heavy atom. The topological polar surface area (TPSA) is 64.4 Å². The Labute approximate surface area is 234 Å². The first kappa shape index (κ1) is 24.8. The van der Waals surface area contributed by atoms with Crippen molar-refractivity contribution in [2.75, 3.05) is 6.61 Å². The van der Waals surface area contributed by atoms with E-state index < -0.39 is 0 Å². The fourth-order valence-corrected chi connectivity index (χ4v) is 7.27. The van der Waals surface area contributed by atoms with E-state index in [0.29, 0.717) is 25.0 Å². The highest BCUT2D eigenvalue weighted by Gasteiger charge is 2.46. The average Bonchev–Trinajstić information content (AvgIpc) is 3.58. The van der Waals surface area contributed by atoms with Gasteiger partial charge in [0, 0.05) is 35.2 Å². The highest BCUT2D eigenvalue weighted by Crippen LogP contribution is 2.45. The van der Waals surface area contributed by atoms with Gasteiger partial charge in [-0.15, -0.1) is 0 Å². The molecule has 0 N–H and O–H groups in total. The number of fused-ring (bicyclic) bond motifs is 5. The molecular formula is C34H33N3O3. The zero-order valence-electron chi connectivity index (χ0n) is 22.9. The van der Waals surface area contributed by atoms with Gasteiger partial charge in [-0.2, -0.15) is 5.10 Å². The SMILES string of the molecule is Cc1cc(C)n(-c2cccc(C(=O)C3CC4CCC(C3)N4C(=O)OCC3c4ccccc4-c4ccccc43)c2)n1. The predicted molar refractivity (Wildman–Crippen MR) is 154 cm³/mol. The minimum atomic E-state index is -0.244. The van der Waals surface area contributed by atoms with E-state index in [1.54, 1.807) is 0 Å². The molecule has 3 aliphatic rings. The molecule has 1 aliphatic carbocycles. The summed E-state index contributed by atoms with van der Waals surface area (Å²) in [6.07, 6.45) is 2.97. The molecule has 6 nitrogen and oxygen atoms in total. The molecule has 4 aromatic rings. The second-order valence-electron chi connectivity index (χ2n) is 11.5. The molecule has 0 spiro atoms. The van der Waals surface area contributed by atoms with Crippen molar-refractivity contribution in [3.8, 4) is 16.8 Å². The van der Waals surface area contributed by atoms with Gasteiger partial charge in [0.05, 0.1) is 11.4 Å². The van der Waals surface area contributed by atoms with Gasteiger partial charge in [0.1, 0.15) is 6.61 Å². The molecule has 40 heavy (non-hydrogen) atoms. The molecule has 7 rings (SSSR count). The standard InChI is InChI=1S/C34H33N3O3/c1-21-16-22(2)37(35-21)27-9-7-8-23(17-27)33(38)24-18-25-14-15-26(19-24)36(25)34(39)40-20-32-30-12-5-3-10-28(30)29-11-4-6-13-31(29)32/h3-13,16-17,24-26,32H,14-15,18-20H2,1-2H3. The summed E-state index contributed by atoms with van der Waals surface area (Å²) < 4.78 is 7.90. The number of aryl methyl sites for hydroxylation is 2. The van der Waals surface area contributed by atoms with Crippen molar-refractivity contribution in [2.24, 2.45) is 5.92 Å². The van der Waals surface area contributed by atoms with E-state index in [2.05, 4.69) is 53.6 Å². The molecule has 2 atom stereocenters. The van der Waals surface area contributed by atoms with Gasteiger partial charge in [0.15, 0.2) is 5.78 Å². The summed E-state index contributed by atoms with van der Waals surface area (Å²) in [5.74, 6) is 0.112. The van der Waals surface area contributed by atoms with Crippen LogP contribution in [0.5, 0.6) is 0 Å². The summed E-state index contributed by atoms with van der Waals surface area (Å²) in [6, 6.07) is 26.7. The van der Waals surface area contributed by atoms with E-state index in [9.17, 15) is 9.59 Å².